The van der Waals surface area contributed by atoms with Gasteiger partial charge in [-0.15, -0.1) is 0 Å². The lowest BCUT2D eigenvalue weighted by atomic mass is 10.2. The van der Waals surface area contributed by atoms with Crippen molar-refractivity contribution < 1.29 is 4.79 Å². The predicted molar refractivity (Wildman–Crippen MR) is 80.5 cm³/mol. The van der Waals surface area contributed by atoms with E-state index in [4.69, 9.17) is 17.3 Å². The maximum Gasteiger partial charge on any atom is 0.255 e. The molecular weight excluding hydrogens is 330 g/mol. The molecule has 0 saturated carbocycles. The lowest BCUT2D eigenvalue weighted by molar-refractivity contribution is 0.102. The van der Waals surface area contributed by atoms with Crippen LogP contribution in [-0.2, 0) is 0 Å². The fourth-order valence-corrected chi connectivity index (χ4v) is 2.37. The summed E-state index contributed by atoms with van der Waals surface area (Å²) in [5.41, 5.74) is 7.70. The van der Waals surface area contributed by atoms with E-state index < -0.39 is 0 Å². The summed E-state index contributed by atoms with van der Waals surface area (Å²) < 4.78 is 0.814. The minimum Gasteiger partial charge on any atom is -0.384 e. The Balaban J connectivity index is 2.25. The molecule has 2 rings (SSSR count). The summed E-state index contributed by atoms with van der Waals surface area (Å²) in [6.45, 7) is 1.97. The Bertz CT molecular complexity index is 626. The third kappa shape index (κ3) is 3.45. The number of carbonyl (C=O) groups excluding carboxylic acids is 1. The molecule has 0 aliphatic rings. The fraction of sp³-hybridized carbons (Fsp3) is 0.0769. The van der Waals surface area contributed by atoms with Crippen molar-refractivity contribution in [3.63, 3.8) is 0 Å². The van der Waals surface area contributed by atoms with E-state index in [0.717, 1.165) is 10.0 Å². The number of aryl methyl sites for hydroxylation is 1. The number of nitrogens with one attached hydrogen (secondary N) is 1. The SMILES string of the molecule is Cc1ccc(NC(=O)c2cc(N)nc(Cl)c2)c(Br)c1. The van der Waals surface area contributed by atoms with Gasteiger partial charge in [-0.1, -0.05) is 17.7 Å². The molecule has 0 spiro atoms. The van der Waals surface area contributed by atoms with Crippen LogP contribution in [-0.4, -0.2) is 10.9 Å². The first-order chi connectivity index (χ1) is 8.95. The third-order valence-electron chi connectivity index (χ3n) is 2.45. The Hall–Kier alpha value is -1.59. The maximum atomic E-state index is 12.1. The maximum absolute atomic E-state index is 12.1. The first-order valence-corrected chi connectivity index (χ1v) is 6.63. The first-order valence-electron chi connectivity index (χ1n) is 5.46. The number of anilines is 2. The molecule has 1 amide bonds. The van der Waals surface area contributed by atoms with Crippen molar-refractivity contribution in [2.45, 2.75) is 6.92 Å². The summed E-state index contributed by atoms with van der Waals surface area (Å²) in [7, 11) is 0. The molecule has 0 atom stereocenters. The lowest BCUT2D eigenvalue weighted by Gasteiger charge is -2.08. The van der Waals surface area contributed by atoms with Gasteiger partial charge in [-0.2, -0.15) is 0 Å². The van der Waals surface area contributed by atoms with E-state index >= 15 is 0 Å². The Labute approximate surface area is 124 Å². The molecule has 1 aromatic carbocycles. The molecule has 2 aromatic rings. The molecule has 3 N–H and O–H groups in total. The van der Waals surface area contributed by atoms with Crippen LogP contribution in [0.15, 0.2) is 34.8 Å². The molecule has 1 heterocycles. The number of pyridine rings is 1. The highest BCUT2D eigenvalue weighted by molar-refractivity contribution is 9.10. The molecule has 0 saturated heterocycles. The van der Waals surface area contributed by atoms with Crippen molar-refractivity contribution in [1.29, 1.82) is 0 Å². The van der Waals surface area contributed by atoms with Crippen molar-refractivity contribution >= 4 is 44.9 Å². The highest BCUT2D eigenvalue weighted by Gasteiger charge is 2.10. The van der Waals surface area contributed by atoms with Gasteiger partial charge in [0.2, 0.25) is 0 Å². The molecular formula is C13H11BrClN3O. The number of halogens is 2. The Morgan fingerprint density at radius 1 is 1.37 bits per heavy atom. The van der Waals surface area contributed by atoms with Crippen molar-refractivity contribution in [2.75, 3.05) is 11.1 Å². The number of amides is 1. The molecule has 98 valence electrons. The van der Waals surface area contributed by atoms with Crippen LogP contribution in [0.25, 0.3) is 0 Å². The second-order valence-corrected chi connectivity index (χ2v) is 5.28. The van der Waals surface area contributed by atoms with E-state index in [1.165, 1.54) is 12.1 Å². The number of carbonyl (C=O) groups is 1. The highest BCUT2D eigenvalue weighted by Crippen LogP contribution is 2.24. The molecule has 4 nitrogen and oxygen atoms in total. The number of hydrogen-bond donors (Lipinski definition) is 2. The van der Waals surface area contributed by atoms with Crippen LogP contribution in [0.2, 0.25) is 5.15 Å². The molecule has 0 unspecified atom stereocenters. The second kappa shape index (κ2) is 5.59. The van der Waals surface area contributed by atoms with Crippen molar-refractivity contribution in [2.24, 2.45) is 0 Å². The topological polar surface area (TPSA) is 68.0 Å². The largest absolute Gasteiger partial charge is 0.384 e. The van der Waals surface area contributed by atoms with E-state index in [0.29, 0.717) is 11.3 Å². The zero-order chi connectivity index (χ0) is 14.0. The van der Waals surface area contributed by atoms with E-state index in [9.17, 15) is 4.79 Å². The molecule has 0 aliphatic carbocycles. The Morgan fingerprint density at radius 3 is 2.74 bits per heavy atom. The van der Waals surface area contributed by atoms with E-state index in [1.54, 1.807) is 0 Å². The van der Waals surface area contributed by atoms with Gasteiger partial charge in [-0.25, -0.2) is 4.98 Å². The van der Waals surface area contributed by atoms with Crippen LogP contribution < -0.4 is 11.1 Å². The molecule has 0 bridgehead atoms. The minimum absolute atomic E-state index is 0.188. The van der Waals surface area contributed by atoms with Gasteiger partial charge < -0.3 is 11.1 Å². The third-order valence-corrected chi connectivity index (χ3v) is 3.30. The number of nitrogens with zero attached hydrogens (tertiary/aromatic N) is 1. The number of nitrogens with two attached hydrogens (primary N) is 1. The molecule has 0 radical (unpaired) electrons. The van der Waals surface area contributed by atoms with Crippen LogP contribution in [0, 0.1) is 6.92 Å². The van der Waals surface area contributed by atoms with Gasteiger partial charge in [-0.3, -0.25) is 4.79 Å². The Kier molecular flexibility index (Phi) is 4.07. The van der Waals surface area contributed by atoms with Gasteiger partial charge >= 0.3 is 0 Å². The van der Waals surface area contributed by atoms with Crippen molar-refractivity contribution in [3.8, 4) is 0 Å². The first kappa shape index (κ1) is 13.8. The number of nitrogen functional groups attached to an aromatic ring is 1. The van der Waals surface area contributed by atoms with E-state index in [1.807, 2.05) is 25.1 Å². The van der Waals surface area contributed by atoms with Crippen LogP contribution in [0.3, 0.4) is 0 Å². The van der Waals surface area contributed by atoms with Crippen LogP contribution in [0.4, 0.5) is 11.5 Å². The molecule has 0 fully saturated rings. The van der Waals surface area contributed by atoms with Crippen molar-refractivity contribution in [1.82, 2.24) is 4.98 Å². The zero-order valence-electron chi connectivity index (χ0n) is 10.1. The standard InChI is InChI=1S/C13H11BrClN3O/c1-7-2-3-10(9(14)4-7)17-13(19)8-5-11(15)18-12(16)6-8/h2-6H,1H3,(H2,16,18)(H,17,19). The van der Waals surface area contributed by atoms with Gasteiger partial charge in [0.15, 0.2) is 0 Å². The average Bonchev–Trinajstić information content (AvgIpc) is 2.31. The van der Waals surface area contributed by atoms with Crippen LogP contribution in [0.5, 0.6) is 0 Å². The summed E-state index contributed by atoms with van der Waals surface area (Å²) in [4.78, 5) is 15.9. The monoisotopic (exact) mass is 339 g/mol. The van der Waals surface area contributed by atoms with Gasteiger partial charge in [0, 0.05) is 10.0 Å². The van der Waals surface area contributed by atoms with Gasteiger partial charge in [0.05, 0.1) is 5.69 Å². The van der Waals surface area contributed by atoms with Crippen molar-refractivity contribution in [3.05, 3.63) is 51.1 Å². The molecule has 19 heavy (non-hydrogen) atoms. The molecule has 1 aromatic heterocycles. The number of rotatable bonds is 2. The van der Waals surface area contributed by atoms with Gasteiger partial charge in [-0.05, 0) is 52.7 Å². The molecule has 0 aliphatic heterocycles. The van der Waals surface area contributed by atoms with E-state index in [-0.39, 0.29) is 16.9 Å². The fourth-order valence-electron chi connectivity index (χ4n) is 1.56. The summed E-state index contributed by atoms with van der Waals surface area (Å²) in [6.07, 6.45) is 0. The summed E-state index contributed by atoms with van der Waals surface area (Å²) in [5, 5.41) is 2.97. The molecule has 6 heteroatoms. The van der Waals surface area contributed by atoms with Gasteiger partial charge in [0.1, 0.15) is 11.0 Å². The summed E-state index contributed by atoms with van der Waals surface area (Å²) in [5.74, 6) is -0.0822. The quantitative estimate of drug-likeness (QED) is 0.820. The second-order valence-electron chi connectivity index (χ2n) is 4.04. The lowest BCUT2D eigenvalue weighted by Crippen LogP contribution is -2.13. The van der Waals surface area contributed by atoms with Crippen LogP contribution in [0.1, 0.15) is 15.9 Å². The smallest absolute Gasteiger partial charge is 0.255 e. The number of hydrogen-bond acceptors (Lipinski definition) is 3. The normalized spacial score (nSPS) is 10.3. The summed E-state index contributed by atoms with van der Waals surface area (Å²) in [6, 6.07) is 8.60. The summed E-state index contributed by atoms with van der Waals surface area (Å²) >= 11 is 9.17. The Morgan fingerprint density at radius 2 is 2.11 bits per heavy atom. The highest BCUT2D eigenvalue weighted by atomic mass is 79.9. The zero-order valence-corrected chi connectivity index (χ0v) is 12.4. The number of aromatic nitrogens is 1. The average molecular weight is 341 g/mol. The number of benzene rings is 1. The van der Waals surface area contributed by atoms with Gasteiger partial charge in [0.25, 0.3) is 5.91 Å². The van der Waals surface area contributed by atoms with Crippen LogP contribution >= 0.6 is 27.5 Å². The predicted octanol–water partition coefficient (Wildman–Crippen LogP) is 3.64. The van der Waals surface area contributed by atoms with E-state index in [2.05, 4.69) is 26.2 Å². The minimum atomic E-state index is -0.291.